The fourth-order valence-electron chi connectivity index (χ4n) is 4.71. The van der Waals surface area contributed by atoms with Crippen molar-refractivity contribution in [2.45, 2.75) is 48.9 Å². The predicted octanol–water partition coefficient (Wildman–Crippen LogP) is 3.99. The number of aliphatic hydroxyl groups is 1. The van der Waals surface area contributed by atoms with Crippen molar-refractivity contribution in [1.82, 2.24) is 0 Å². The molecule has 2 atom stereocenters. The molecule has 0 aliphatic heterocycles. The van der Waals surface area contributed by atoms with Crippen LogP contribution in [0.3, 0.4) is 0 Å². The molecule has 2 unspecified atom stereocenters. The molecule has 0 saturated heterocycles. The fourth-order valence-corrected chi connectivity index (χ4v) is 6.84. The zero-order valence-electron chi connectivity index (χ0n) is 17.0. The summed E-state index contributed by atoms with van der Waals surface area (Å²) in [4.78, 5) is 12.6. The molecular formula is C22H22F3NO4S. The second-order valence-corrected chi connectivity index (χ2v) is 10.9. The van der Waals surface area contributed by atoms with Gasteiger partial charge in [-0.25, -0.2) is 21.6 Å². The highest BCUT2D eigenvalue weighted by Crippen LogP contribution is 2.55. The van der Waals surface area contributed by atoms with Gasteiger partial charge in [0.2, 0.25) is 0 Å². The normalized spacial score (nSPS) is 27.5. The van der Waals surface area contributed by atoms with Crippen LogP contribution in [0.15, 0.2) is 35.2 Å². The third-order valence-electron chi connectivity index (χ3n) is 6.75. The number of benzene rings is 2. The standard InChI is InChI=1S/C22H22F3NO4S/c1-11-3-4-12(21(27)26-15-9-17(23)20(25)18(24)10-15)5-19(11)31(29,30)16-7-13-6-14(8-16)22(13,2)28/h3-5,9-10,13-14,16,28H,6-8H2,1-2H3,(H,26,27). The lowest BCUT2D eigenvalue weighted by Crippen LogP contribution is -2.60. The number of carbonyl (C=O) groups excluding carboxylic acids is 1. The van der Waals surface area contributed by atoms with Crippen LogP contribution in [0.4, 0.5) is 18.9 Å². The third-order valence-corrected chi connectivity index (χ3v) is 9.07. The van der Waals surface area contributed by atoms with Gasteiger partial charge in [-0.2, -0.15) is 0 Å². The lowest BCUT2D eigenvalue weighted by atomic mass is 9.54. The SMILES string of the molecule is Cc1ccc(C(=O)Nc2cc(F)c(F)c(F)c2)cc1S(=O)(=O)C1CC2CC(C1)C2(C)O. The zero-order valence-corrected chi connectivity index (χ0v) is 17.8. The van der Waals surface area contributed by atoms with Crippen molar-refractivity contribution in [2.24, 2.45) is 11.8 Å². The van der Waals surface area contributed by atoms with Crippen molar-refractivity contribution >= 4 is 21.4 Å². The summed E-state index contributed by atoms with van der Waals surface area (Å²) in [6, 6.07) is 5.43. The third kappa shape index (κ3) is 3.63. The minimum Gasteiger partial charge on any atom is -0.390 e. The summed E-state index contributed by atoms with van der Waals surface area (Å²) in [5.74, 6) is -5.46. The zero-order chi connectivity index (χ0) is 22.7. The van der Waals surface area contributed by atoms with E-state index in [4.69, 9.17) is 0 Å². The number of halogens is 3. The van der Waals surface area contributed by atoms with Crippen molar-refractivity contribution in [1.29, 1.82) is 0 Å². The van der Waals surface area contributed by atoms with Gasteiger partial charge in [-0.1, -0.05) is 6.07 Å². The van der Waals surface area contributed by atoms with Crippen molar-refractivity contribution < 1.29 is 31.5 Å². The number of amides is 1. The van der Waals surface area contributed by atoms with Crippen molar-refractivity contribution in [3.8, 4) is 0 Å². The van der Waals surface area contributed by atoms with Crippen LogP contribution in [-0.2, 0) is 9.84 Å². The summed E-state index contributed by atoms with van der Waals surface area (Å²) in [6.45, 7) is 3.37. The van der Waals surface area contributed by atoms with Crippen LogP contribution in [0.2, 0.25) is 0 Å². The molecule has 3 saturated carbocycles. The number of carbonyl (C=O) groups is 1. The maximum atomic E-state index is 13.4. The van der Waals surface area contributed by atoms with Crippen LogP contribution in [0.25, 0.3) is 0 Å². The molecule has 0 spiro atoms. The summed E-state index contributed by atoms with van der Waals surface area (Å²) in [6.07, 6.45) is 1.52. The molecule has 5 nitrogen and oxygen atoms in total. The van der Waals surface area contributed by atoms with Crippen molar-refractivity contribution in [3.05, 3.63) is 58.9 Å². The Morgan fingerprint density at radius 2 is 1.65 bits per heavy atom. The molecule has 2 bridgehead atoms. The van der Waals surface area contributed by atoms with Gasteiger partial charge in [0.25, 0.3) is 5.91 Å². The Balaban J connectivity index is 1.59. The van der Waals surface area contributed by atoms with E-state index < -0.39 is 44.0 Å². The lowest BCUT2D eigenvalue weighted by Gasteiger charge is -2.56. The van der Waals surface area contributed by atoms with Crippen molar-refractivity contribution in [3.63, 3.8) is 0 Å². The maximum Gasteiger partial charge on any atom is 0.255 e. The van der Waals surface area contributed by atoms with Gasteiger partial charge in [-0.3, -0.25) is 4.79 Å². The number of fused-ring (bicyclic) bond motifs is 2. The summed E-state index contributed by atoms with van der Waals surface area (Å²) in [5, 5.41) is 12.0. The first-order valence-electron chi connectivity index (χ1n) is 9.94. The average Bonchev–Trinajstić information content (AvgIpc) is 2.72. The van der Waals surface area contributed by atoms with Crippen LogP contribution in [0.5, 0.6) is 0 Å². The van der Waals surface area contributed by atoms with Gasteiger partial charge in [0.1, 0.15) is 0 Å². The molecule has 2 aromatic rings. The van der Waals surface area contributed by atoms with Gasteiger partial charge in [-0.15, -0.1) is 0 Å². The molecule has 2 N–H and O–H groups in total. The number of rotatable bonds is 4. The summed E-state index contributed by atoms with van der Waals surface area (Å²) < 4.78 is 66.5. The highest BCUT2D eigenvalue weighted by atomic mass is 32.2. The molecule has 0 aromatic heterocycles. The van der Waals surface area contributed by atoms with E-state index in [-0.39, 0.29) is 28.0 Å². The van der Waals surface area contributed by atoms with Gasteiger partial charge in [-0.05, 0) is 62.6 Å². The molecule has 3 aliphatic rings. The van der Waals surface area contributed by atoms with E-state index in [9.17, 15) is 31.5 Å². The smallest absolute Gasteiger partial charge is 0.255 e. The number of hydrogen-bond acceptors (Lipinski definition) is 4. The molecule has 0 heterocycles. The van der Waals surface area contributed by atoms with E-state index >= 15 is 0 Å². The first-order valence-corrected chi connectivity index (χ1v) is 11.5. The summed E-state index contributed by atoms with van der Waals surface area (Å²) in [7, 11) is -3.75. The van der Waals surface area contributed by atoms with Crippen molar-refractivity contribution in [2.75, 3.05) is 5.32 Å². The van der Waals surface area contributed by atoms with Crippen LogP contribution >= 0.6 is 0 Å². The monoisotopic (exact) mass is 453 g/mol. The Morgan fingerprint density at radius 3 is 2.19 bits per heavy atom. The molecule has 31 heavy (non-hydrogen) atoms. The molecule has 2 aromatic carbocycles. The molecule has 3 fully saturated rings. The number of hydrogen-bond donors (Lipinski definition) is 2. The molecule has 5 rings (SSSR count). The molecule has 166 valence electrons. The minimum absolute atomic E-state index is 0.0118. The highest BCUT2D eigenvalue weighted by molar-refractivity contribution is 7.92. The number of nitrogens with one attached hydrogen (secondary N) is 1. The van der Waals surface area contributed by atoms with Gasteiger partial charge < -0.3 is 10.4 Å². The summed E-state index contributed by atoms with van der Waals surface area (Å²) >= 11 is 0. The Kier molecular flexibility index (Phi) is 5.17. The van der Waals surface area contributed by atoms with Gasteiger partial charge in [0, 0.05) is 23.4 Å². The lowest BCUT2D eigenvalue weighted by molar-refractivity contribution is -0.162. The van der Waals surface area contributed by atoms with Gasteiger partial charge >= 0.3 is 0 Å². The van der Waals surface area contributed by atoms with E-state index in [1.165, 1.54) is 18.2 Å². The topological polar surface area (TPSA) is 83.5 Å². The van der Waals surface area contributed by atoms with Gasteiger partial charge in [0.05, 0.1) is 15.7 Å². The van der Waals surface area contributed by atoms with Crippen LogP contribution in [-0.4, -0.2) is 30.3 Å². The second-order valence-electron chi connectivity index (χ2n) is 8.68. The Morgan fingerprint density at radius 1 is 1.06 bits per heavy atom. The van der Waals surface area contributed by atoms with E-state index in [0.717, 1.165) is 6.42 Å². The molecule has 9 heteroatoms. The fraction of sp³-hybridized carbons (Fsp3) is 0.409. The largest absolute Gasteiger partial charge is 0.390 e. The Labute approximate surface area is 178 Å². The van der Waals surface area contributed by atoms with E-state index in [0.29, 0.717) is 30.5 Å². The molecule has 3 aliphatic carbocycles. The highest BCUT2D eigenvalue weighted by Gasteiger charge is 2.57. The van der Waals surface area contributed by atoms with E-state index in [1.807, 2.05) is 0 Å². The Hall–Kier alpha value is -2.39. The van der Waals surface area contributed by atoms with Crippen LogP contribution < -0.4 is 5.32 Å². The molecule has 1 amide bonds. The summed E-state index contributed by atoms with van der Waals surface area (Å²) in [5.41, 5.74) is -0.660. The predicted molar refractivity (Wildman–Crippen MR) is 108 cm³/mol. The first-order chi connectivity index (χ1) is 14.4. The number of aryl methyl sites for hydroxylation is 1. The number of anilines is 1. The Bertz CT molecular complexity index is 1140. The quantitative estimate of drug-likeness (QED) is 0.686. The van der Waals surface area contributed by atoms with E-state index in [1.54, 1.807) is 13.8 Å². The minimum atomic E-state index is -3.75. The average molecular weight is 453 g/mol. The first kappa shape index (κ1) is 21.8. The van der Waals surface area contributed by atoms with Crippen LogP contribution in [0.1, 0.15) is 42.1 Å². The maximum absolute atomic E-state index is 13.4. The molecule has 0 radical (unpaired) electrons. The van der Waals surface area contributed by atoms with Gasteiger partial charge in [0.15, 0.2) is 27.3 Å². The second kappa shape index (κ2) is 7.34. The molecular weight excluding hydrogens is 431 g/mol. The van der Waals surface area contributed by atoms with E-state index in [2.05, 4.69) is 5.32 Å². The van der Waals surface area contributed by atoms with Crippen LogP contribution in [0, 0.1) is 36.2 Å². The number of sulfone groups is 1.